The van der Waals surface area contributed by atoms with Crippen molar-refractivity contribution in [3.63, 3.8) is 0 Å². The molecule has 0 bridgehead atoms. The Labute approximate surface area is 710 Å². The minimum Gasteiger partial charge on any atom is -0.309 e. The number of hydrogen-bond donors (Lipinski definition) is 0. The van der Waals surface area contributed by atoms with E-state index in [1.807, 2.05) is 36.4 Å². The third-order valence-electron chi connectivity index (χ3n) is 24.7. The van der Waals surface area contributed by atoms with Gasteiger partial charge in [0.1, 0.15) is 0 Å². The van der Waals surface area contributed by atoms with E-state index in [9.17, 15) is 0 Å². The molecule has 122 heavy (non-hydrogen) atoms. The molecular formula is C114H88N8. The van der Waals surface area contributed by atoms with Crippen molar-refractivity contribution in [2.45, 2.75) is 65.2 Å². The van der Waals surface area contributed by atoms with Crippen LogP contribution in [0.25, 0.3) is 200 Å². The van der Waals surface area contributed by atoms with E-state index in [0.29, 0.717) is 5.92 Å². The van der Waals surface area contributed by atoms with Crippen LogP contribution in [0.1, 0.15) is 69.9 Å². The van der Waals surface area contributed by atoms with Gasteiger partial charge in [-0.2, -0.15) is 0 Å². The predicted octanol–water partition coefficient (Wildman–Crippen LogP) is 30.3. The van der Waals surface area contributed by atoms with Gasteiger partial charge in [0.15, 0.2) is 11.6 Å². The zero-order valence-corrected chi connectivity index (χ0v) is 68.5. The lowest BCUT2D eigenvalue weighted by molar-refractivity contribution is 0.667. The second-order valence-corrected chi connectivity index (χ2v) is 32.2. The molecule has 0 aliphatic heterocycles. The average molecular weight is 1570 g/mol. The summed E-state index contributed by atoms with van der Waals surface area (Å²) in [7, 11) is 0. The van der Waals surface area contributed by atoms with Crippen molar-refractivity contribution in [1.82, 2.24) is 38.2 Å². The Hall–Kier alpha value is -15.1. The normalized spacial score (nSPS) is 11.9. The monoisotopic (exact) mass is 1570 g/mol. The van der Waals surface area contributed by atoms with E-state index in [2.05, 4.69) is 403 Å². The van der Waals surface area contributed by atoms with Gasteiger partial charge in [0, 0.05) is 99.2 Å². The lowest BCUT2D eigenvalue weighted by atomic mass is 9.97. The summed E-state index contributed by atoms with van der Waals surface area (Å²) in [4.78, 5) is 20.4. The lowest BCUT2D eigenvalue weighted by Gasteiger charge is -2.13. The molecule has 8 nitrogen and oxygen atoms in total. The summed E-state index contributed by atoms with van der Waals surface area (Å²) in [6, 6.07) is 144. The van der Waals surface area contributed by atoms with Crippen molar-refractivity contribution in [3.05, 3.63) is 412 Å². The number of benzene rings is 16. The second-order valence-electron chi connectivity index (χ2n) is 32.2. The number of nitrogens with zero attached hydrogens (tertiary/aromatic N) is 8. The van der Waals surface area contributed by atoms with E-state index in [4.69, 9.17) is 19.9 Å². The number of aromatic nitrogens is 8. The van der Waals surface area contributed by atoms with E-state index >= 15 is 0 Å². The molecule has 0 aliphatic rings. The van der Waals surface area contributed by atoms with E-state index in [1.54, 1.807) is 0 Å². The van der Waals surface area contributed by atoms with E-state index < -0.39 is 0 Å². The molecule has 0 aliphatic carbocycles. The van der Waals surface area contributed by atoms with Crippen LogP contribution in [0, 0.1) is 0 Å². The molecule has 22 aromatic rings. The van der Waals surface area contributed by atoms with Crippen LogP contribution in [0.5, 0.6) is 0 Å². The molecule has 0 N–H and O–H groups in total. The first-order valence-electron chi connectivity index (χ1n) is 42.9. The Morgan fingerprint density at radius 2 is 0.492 bits per heavy atom. The molecule has 16 aromatic carbocycles. The van der Waals surface area contributed by atoms with Crippen LogP contribution in [0.2, 0.25) is 0 Å². The molecule has 6 aromatic heterocycles. The van der Waals surface area contributed by atoms with Gasteiger partial charge < -0.3 is 18.3 Å². The molecule has 1 atom stereocenters. The van der Waals surface area contributed by atoms with Gasteiger partial charge in [-0.05, 0) is 192 Å². The molecule has 6 heterocycles. The zero-order valence-electron chi connectivity index (χ0n) is 68.5. The van der Waals surface area contributed by atoms with E-state index in [1.165, 1.54) is 158 Å². The molecule has 0 amide bonds. The zero-order chi connectivity index (χ0) is 81.6. The first-order chi connectivity index (χ1) is 60.3. The Balaban J connectivity index is 0.000000150. The molecule has 0 saturated heterocycles. The maximum absolute atomic E-state index is 5.14. The van der Waals surface area contributed by atoms with Crippen LogP contribution in [-0.2, 0) is 6.42 Å². The van der Waals surface area contributed by atoms with Gasteiger partial charge in [0.25, 0.3) is 0 Å². The molecule has 0 fully saturated rings. The number of rotatable bonds is 19. The van der Waals surface area contributed by atoms with E-state index in [0.717, 1.165) is 92.0 Å². The highest BCUT2D eigenvalue weighted by atomic mass is 15.0. The average Bonchev–Trinajstić information content (AvgIpc) is 1.59. The van der Waals surface area contributed by atoms with Gasteiger partial charge >= 0.3 is 0 Å². The Morgan fingerprint density at radius 3 is 0.811 bits per heavy atom. The molecule has 1 unspecified atom stereocenters. The van der Waals surface area contributed by atoms with Crippen molar-refractivity contribution in [2.24, 2.45) is 0 Å². The molecule has 0 saturated carbocycles. The van der Waals surface area contributed by atoms with Crippen molar-refractivity contribution in [3.8, 4) is 113 Å². The van der Waals surface area contributed by atoms with Crippen LogP contribution in [0.4, 0.5) is 0 Å². The Bertz CT molecular complexity index is 7610. The van der Waals surface area contributed by atoms with Crippen LogP contribution >= 0.6 is 0 Å². The van der Waals surface area contributed by atoms with Gasteiger partial charge in [0.2, 0.25) is 0 Å². The summed E-state index contributed by atoms with van der Waals surface area (Å²) < 4.78 is 9.51. The maximum Gasteiger partial charge on any atom is 0.160 e. The smallest absolute Gasteiger partial charge is 0.160 e. The number of aryl methyl sites for hydroxylation is 1. The molecule has 22 rings (SSSR count). The molecular weight excluding hydrogens is 1480 g/mol. The highest BCUT2D eigenvalue weighted by Gasteiger charge is 2.22. The van der Waals surface area contributed by atoms with Crippen molar-refractivity contribution in [1.29, 1.82) is 0 Å². The summed E-state index contributed by atoms with van der Waals surface area (Å²) in [5, 5.41) is 9.93. The summed E-state index contributed by atoms with van der Waals surface area (Å²) in [5.41, 5.74) is 31.5. The van der Waals surface area contributed by atoms with Crippen LogP contribution < -0.4 is 0 Å². The van der Waals surface area contributed by atoms with Gasteiger partial charge in [-0.3, -0.25) is 0 Å². The lowest BCUT2D eigenvalue weighted by Crippen LogP contribution is -1.97. The van der Waals surface area contributed by atoms with Crippen molar-refractivity contribution >= 4 is 87.2 Å². The number of unbranched alkanes of at least 4 members (excludes halogenated alkanes) is 3. The topological polar surface area (TPSA) is 71.3 Å². The summed E-state index contributed by atoms with van der Waals surface area (Å²) >= 11 is 0. The SMILES string of the molecule is CCC(C)c1ccc(-c2cc(-c3ccc(-n4c5ccccc5c5cc(-c6ccc7c(c6)c6ccccc6n7-c6ccccc6)ccc54)cc3)nc(-c3ccccc3)n2)cc1.CCCCCCc1ccc(-c2cc(-c3ccc(-n4c5ccccc5c5cc(-c6ccc7c(c6)c6ccccc6n7-c6ccccc6)ccc54)cc3)nc(-c3ccccc3)n2)cc1. The maximum atomic E-state index is 5.14. The summed E-state index contributed by atoms with van der Waals surface area (Å²) in [6.45, 7) is 6.77. The third kappa shape index (κ3) is 13.9. The molecule has 8 heteroatoms. The van der Waals surface area contributed by atoms with Gasteiger partial charge in [0.05, 0.1) is 66.9 Å². The fourth-order valence-corrected chi connectivity index (χ4v) is 18.2. The molecule has 584 valence electrons. The third-order valence-corrected chi connectivity index (χ3v) is 24.7. The van der Waals surface area contributed by atoms with Gasteiger partial charge in [-0.15, -0.1) is 0 Å². The Kier molecular flexibility index (Phi) is 19.7. The Morgan fingerprint density at radius 1 is 0.221 bits per heavy atom. The highest BCUT2D eigenvalue weighted by Crippen LogP contribution is 2.43. The summed E-state index contributed by atoms with van der Waals surface area (Å²) in [6.07, 6.45) is 7.29. The first kappa shape index (κ1) is 74.4. The predicted molar refractivity (Wildman–Crippen MR) is 511 cm³/mol. The minimum absolute atomic E-state index is 0.519. The van der Waals surface area contributed by atoms with Crippen LogP contribution in [0.15, 0.2) is 400 Å². The summed E-state index contributed by atoms with van der Waals surface area (Å²) in [5.74, 6) is 1.97. The highest BCUT2D eigenvalue weighted by molar-refractivity contribution is 6.15. The van der Waals surface area contributed by atoms with Crippen LogP contribution in [0.3, 0.4) is 0 Å². The van der Waals surface area contributed by atoms with E-state index in [-0.39, 0.29) is 0 Å². The fourth-order valence-electron chi connectivity index (χ4n) is 18.2. The largest absolute Gasteiger partial charge is 0.309 e. The fraction of sp³-hybridized carbons (Fsp3) is 0.0877. The minimum atomic E-state index is 0.519. The van der Waals surface area contributed by atoms with Crippen molar-refractivity contribution < 1.29 is 0 Å². The van der Waals surface area contributed by atoms with Gasteiger partial charge in [-0.1, -0.05) is 307 Å². The van der Waals surface area contributed by atoms with Crippen LogP contribution in [-0.4, -0.2) is 38.2 Å². The standard InChI is InChI=1S/C58H46N4.C56H42N4/c1-2-3-4-7-16-40-25-27-41(28-26-40)52-39-53(60-58(59-52)43-17-8-5-9-18-43)42-29-33-47(34-30-42)62-55-24-15-13-22-49(55)51-38-45(32-36-57(51)62)44-31-35-56-50(37-44)48-21-12-14-23-54(48)61(56)46-19-10-6-11-20-46;1-3-37(2)38-22-24-39(25-23-38)50-36-51(58-56(57-50)41-14-6-4-7-15-41)40-26-30-45(31-27-40)60-53-21-13-11-19-47(53)49-35-43(29-33-55(49)60)42-28-32-54-48(34-42)46-18-10-12-20-52(46)59(54)44-16-8-5-9-17-44/h5-6,8-15,17-39H,2-4,7,16H2,1H3;4-37H,3H2,1-2H3. The molecule has 0 spiro atoms. The number of fused-ring (bicyclic) bond motifs is 12. The number of hydrogen-bond acceptors (Lipinski definition) is 4. The first-order valence-corrected chi connectivity index (χ1v) is 42.9. The van der Waals surface area contributed by atoms with Gasteiger partial charge in [-0.25, -0.2) is 19.9 Å². The van der Waals surface area contributed by atoms with Crippen molar-refractivity contribution in [2.75, 3.05) is 0 Å². The quantitative estimate of drug-likeness (QED) is 0.0757. The second kappa shape index (κ2) is 32.3. The molecule has 0 radical (unpaired) electrons. The number of para-hydroxylation sites is 6.